The van der Waals surface area contributed by atoms with Crippen LogP contribution in [0.15, 0.2) is 0 Å². The highest BCUT2D eigenvalue weighted by molar-refractivity contribution is 8.00. The first-order valence-electron chi connectivity index (χ1n) is 13.8. The second-order valence-corrected chi connectivity index (χ2v) is 11.5. The lowest BCUT2D eigenvalue weighted by Gasteiger charge is -2.29. The first-order chi connectivity index (χ1) is 14.2. The summed E-state index contributed by atoms with van der Waals surface area (Å²) in [6.07, 6.45) is 31.8. The summed E-state index contributed by atoms with van der Waals surface area (Å²) in [5.74, 6) is 1.40. The summed E-state index contributed by atoms with van der Waals surface area (Å²) in [4.78, 5) is 0. The monoisotopic (exact) mass is 426 g/mol. The highest BCUT2D eigenvalue weighted by Crippen LogP contribution is 2.37. The Labute approximate surface area is 191 Å². The smallest absolute Gasteiger partial charge is 0.0131 e. The van der Waals surface area contributed by atoms with Crippen molar-refractivity contribution < 1.29 is 0 Å². The highest BCUT2D eigenvalue weighted by Gasteiger charge is 2.23. The van der Waals surface area contributed by atoms with Crippen LogP contribution in [0.3, 0.4) is 0 Å². The summed E-state index contributed by atoms with van der Waals surface area (Å²) in [7, 11) is 0. The minimum atomic E-state index is 0.552. The first-order valence-corrected chi connectivity index (χ1v) is 14.8. The molecule has 0 aliphatic carbocycles. The molecule has 0 aliphatic rings. The molecule has 0 aromatic rings. The minimum Gasteiger partial charge on any atom is -0.155 e. The quantitative estimate of drug-likeness (QED) is 0.138. The van der Waals surface area contributed by atoms with Crippen molar-refractivity contribution in [3.63, 3.8) is 0 Å². The molecule has 1 unspecified atom stereocenters. The highest BCUT2D eigenvalue weighted by atomic mass is 32.2. The number of thioether (sulfide) groups is 1. The van der Waals surface area contributed by atoms with Crippen molar-refractivity contribution in [2.75, 3.05) is 5.75 Å². The molecule has 0 saturated heterocycles. The van der Waals surface area contributed by atoms with E-state index in [1.54, 1.807) is 0 Å². The molecule has 0 aromatic carbocycles. The Hall–Kier alpha value is 0.350. The van der Waals surface area contributed by atoms with E-state index in [9.17, 15) is 0 Å². The van der Waals surface area contributed by atoms with Crippen molar-refractivity contribution in [1.29, 1.82) is 0 Å². The molecule has 0 saturated carbocycles. The van der Waals surface area contributed by atoms with E-state index in [-0.39, 0.29) is 0 Å². The van der Waals surface area contributed by atoms with Gasteiger partial charge in [-0.05, 0) is 25.0 Å². The average molecular weight is 427 g/mol. The lowest BCUT2D eigenvalue weighted by Crippen LogP contribution is -2.21. The molecule has 0 aromatic heterocycles. The van der Waals surface area contributed by atoms with Crippen molar-refractivity contribution in [3.8, 4) is 0 Å². The standard InChI is InChI=1S/C28H58S/c1-5-8-11-14-17-18-20-23-26-28(4,25-22-19-15-12-9-6-2)29-27-24-21-16-13-10-7-3/h5-27H2,1-4H3. The van der Waals surface area contributed by atoms with Gasteiger partial charge in [0.1, 0.15) is 0 Å². The van der Waals surface area contributed by atoms with Crippen molar-refractivity contribution >= 4 is 11.8 Å². The van der Waals surface area contributed by atoms with Gasteiger partial charge in [0.25, 0.3) is 0 Å². The minimum absolute atomic E-state index is 0.552. The van der Waals surface area contributed by atoms with E-state index in [4.69, 9.17) is 0 Å². The van der Waals surface area contributed by atoms with Crippen LogP contribution in [0.1, 0.15) is 169 Å². The number of unbranched alkanes of at least 4 members (excludes halogenated alkanes) is 17. The van der Waals surface area contributed by atoms with Gasteiger partial charge >= 0.3 is 0 Å². The Morgan fingerprint density at radius 3 is 1.10 bits per heavy atom. The summed E-state index contributed by atoms with van der Waals surface area (Å²) >= 11 is 2.33. The van der Waals surface area contributed by atoms with Gasteiger partial charge in [0.05, 0.1) is 0 Å². The maximum absolute atomic E-state index is 2.60. The summed E-state index contributed by atoms with van der Waals surface area (Å²) in [5.41, 5.74) is 0. The summed E-state index contributed by atoms with van der Waals surface area (Å²) in [6, 6.07) is 0. The molecule has 0 aliphatic heterocycles. The fraction of sp³-hybridized carbons (Fsp3) is 1.00. The van der Waals surface area contributed by atoms with E-state index < -0.39 is 0 Å². The van der Waals surface area contributed by atoms with Crippen molar-refractivity contribution in [2.45, 2.75) is 174 Å². The van der Waals surface area contributed by atoms with Crippen LogP contribution < -0.4 is 0 Å². The van der Waals surface area contributed by atoms with Crippen LogP contribution >= 0.6 is 11.8 Å². The van der Waals surface area contributed by atoms with Gasteiger partial charge in [-0.15, -0.1) is 0 Å². The van der Waals surface area contributed by atoms with E-state index in [2.05, 4.69) is 39.5 Å². The largest absolute Gasteiger partial charge is 0.155 e. The lowest BCUT2D eigenvalue weighted by molar-refractivity contribution is 0.464. The van der Waals surface area contributed by atoms with Crippen LogP contribution in [0.2, 0.25) is 0 Å². The second-order valence-electron chi connectivity index (χ2n) is 9.81. The van der Waals surface area contributed by atoms with E-state index in [0.29, 0.717) is 4.75 Å². The third kappa shape index (κ3) is 21.4. The Morgan fingerprint density at radius 2 is 0.724 bits per heavy atom. The molecule has 0 rings (SSSR count). The SMILES string of the molecule is CCCCCCCCCCC(C)(CCCCCCCC)SCCCCCCCC. The van der Waals surface area contributed by atoms with Gasteiger partial charge in [0.15, 0.2) is 0 Å². The van der Waals surface area contributed by atoms with Gasteiger partial charge in [0, 0.05) is 4.75 Å². The molecule has 0 nitrogen and oxygen atoms in total. The predicted molar refractivity (Wildman–Crippen MR) is 139 cm³/mol. The van der Waals surface area contributed by atoms with Crippen molar-refractivity contribution in [1.82, 2.24) is 0 Å². The third-order valence-corrected chi connectivity index (χ3v) is 8.16. The summed E-state index contributed by atoms with van der Waals surface area (Å²) < 4.78 is 0.552. The van der Waals surface area contributed by atoms with Gasteiger partial charge < -0.3 is 0 Å². The van der Waals surface area contributed by atoms with E-state index in [1.807, 2.05) is 0 Å². The topological polar surface area (TPSA) is 0 Å². The van der Waals surface area contributed by atoms with Gasteiger partial charge in [-0.25, -0.2) is 0 Å². The zero-order valence-electron chi connectivity index (χ0n) is 21.2. The normalized spacial score (nSPS) is 13.7. The predicted octanol–water partition coefficient (Wildman–Crippen LogP) is 11.1. The molecule has 1 atom stereocenters. The Kier molecular flexibility index (Phi) is 23.3. The molecule has 0 fully saturated rings. The molecule has 29 heavy (non-hydrogen) atoms. The molecular weight excluding hydrogens is 368 g/mol. The maximum atomic E-state index is 2.60. The van der Waals surface area contributed by atoms with E-state index in [0.717, 1.165) is 0 Å². The molecule has 1 heteroatoms. The van der Waals surface area contributed by atoms with Gasteiger partial charge in [0.2, 0.25) is 0 Å². The number of hydrogen-bond donors (Lipinski definition) is 0. The molecule has 0 bridgehead atoms. The van der Waals surface area contributed by atoms with Crippen LogP contribution in [-0.2, 0) is 0 Å². The van der Waals surface area contributed by atoms with Crippen LogP contribution in [0, 0.1) is 0 Å². The van der Waals surface area contributed by atoms with Crippen LogP contribution in [0.25, 0.3) is 0 Å². The zero-order chi connectivity index (χ0) is 21.5. The fourth-order valence-corrected chi connectivity index (χ4v) is 5.80. The zero-order valence-corrected chi connectivity index (χ0v) is 22.0. The van der Waals surface area contributed by atoms with Gasteiger partial charge in [-0.2, -0.15) is 11.8 Å². The Bertz CT molecular complexity index is 301. The number of rotatable bonds is 24. The third-order valence-electron chi connectivity index (χ3n) is 6.57. The van der Waals surface area contributed by atoms with Crippen molar-refractivity contribution in [3.05, 3.63) is 0 Å². The average Bonchev–Trinajstić information content (AvgIpc) is 2.72. The summed E-state index contributed by atoms with van der Waals surface area (Å²) in [5, 5.41) is 0. The van der Waals surface area contributed by atoms with Gasteiger partial charge in [-0.1, -0.05) is 150 Å². The van der Waals surface area contributed by atoms with Crippen LogP contribution in [-0.4, -0.2) is 10.5 Å². The second kappa shape index (κ2) is 23.0. The molecule has 0 N–H and O–H groups in total. The summed E-state index contributed by atoms with van der Waals surface area (Å²) in [6.45, 7) is 9.55. The van der Waals surface area contributed by atoms with Crippen LogP contribution in [0.4, 0.5) is 0 Å². The molecular formula is C28H58S. The van der Waals surface area contributed by atoms with Gasteiger partial charge in [-0.3, -0.25) is 0 Å². The fourth-order valence-electron chi connectivity index (χ4n) is 4.38. The molecule has 0 amide bonds. The molecule has 0 heterocycles. The molecule has 0 spiro atoms. The maximum Gasteiger partial charge on any atom is 0.0131 e. The lowest BCUT2D eigenvalue weighted by atomic mass is 9.94. The molecule has 176 valence electrons. The Balaban J connectivity index is 4.02. The molecule has 0 radical (unpaired) electrons. The Morgan fingerprint density at radius 1 is 0.414 bits per heavy atom. The van der Waals surface area contributed by atoms with E-state index in [1.165, 1.54) is 147 Å². The van der Waals surface area contributed by atoms with Crippen LogP contribution in [0.5, 0.6) is 0 Å². The first kappa shape index (κ1) is 29.4. The van der Waals surface area contributed by atoms with Crippen molar-refractivity contribution in [2.24, 2.45) is 0 Å². The van der Waals surface area contributed by atoms with E-state index >= 15 is 0 Å². The number of hydrogen-bond acceptors (Lipinski definition) is 1.